The highest BCUT2D eigenvalue weighted by atomic mass is 16.6. The zero-order valence-electron chi connectivity index (χ0n) is 7.86. The first-order valence-corrected chi connectivity index (χ1v) is 4.80. The van der Waals surface area contributed by atoms with Crippen molar-refractivity contribution in [2.45, 2.75) is 45.1 Å². The van der Waals surface area contributed by atoms with Gasteiger partial charge in [0.25, 0.3) is 0 Å². The number of ketones is 1. The van der Waals surface area contributed by atoms with Crippen LogP contribution in [0.15, 0.2) is 0 Å². The van der Waals surface area contributed by atoms with Gasteiger partial charge < -0.3 is 0 Å². The van der Waals surface area contributed by atoms with Gasteiger partial charge in [0.2, 0.25) is 6.04 Å². The van der Waals surface area contributed by atoms with E-state index in [2.05, 4.69) is 0 Å². The lowest BCUT2D eigenvalue weighted by molar-refractivity contribution is -0.533. The molecule has 1 saturated carbocycles. The van der Waals surface area contributed by atoms with Gasteiger partial charge in [0.1, 0.15) is 5.78 Å². The van der Waals surface area contributed by atoms with E-state index in [0.29, 0.717) is 19.3 Å². The molecule has 0 spiro atoms. The maximum absolute atomic E-state index is 11.1. The van der Waals surface area contributed by atoms with Gasteiger partial charge in [-0.3, -0.25) is 14.9 Å². The molecule has 4 heteroatoms. The Labute approximate surface area is 77.5 Å². The summed E-state index contributed by atoms with van der Waals surface area (Å²) in [5.74, 6) is 0.179. The van der Waals surface area contributed by atoms with E-state index < -0.39 is 6.04 Å². The van der Waals surface area contributed by atoms with E-state index in [1.165, 1.54) is 0 Å². The number of hydrogen-bond acceptors (Lipinski definition) is 3. The zero-order chi connectivity index (χ0) is 9.84. The number of carbonyl (C=O) groups excluding carboxylic acids is 1. The average molecular weight is 185 g/mol. The molecule has 1 aliphatic rings. The van der Waals surface area contributed by atoms with Crippen molar-refractivity contribution in [2.24, 2.45) is 5.92 Å². The second kappa shape index (κ2) is 4.35. The molecule has 13 heavy (non-hydrogen) atoms. The van der Waals surface area contributed by atoms with Gasteiger partial charge in [0, 0.05) is 30.1 Å². The summed E-state index contributed by atoms with van der Waals surface area (Å²) in [4.78, 5) is 21.5. The van der Waals surface area contributed by atoms with Crippen molar-refractivity contribution in [1.29, 1.82) is 0 Å². The van der Waals surface area contributed by atoms with Gasteiger partial charge in [-0.1, -0.05) is 6.92 Å². The Bertz CT molecular complexity index is 215. The van der Waals surface area contributed by atoms with E-state index in [1.54, 1.807) is 0 Å². The van der Waals surface area contributed by atoms with Gasteiger partial charge in [-0.2, -0.15) is 0 Å². The molecule has 1 fully saturated rings. The molecule has 0 saturated heterocycles. The Balaban J connectivity index is 2.57. The summed E-state index contributed by atoms with van der Waals surface area (Å²) in [5.41, 5.74) is 0. The molecule has 0 bridgehead atoms. The number of carbonyl (C=O) groups is 1. The molecule has 0 N–H and O–H groups in total. The molecule has 0 radical (unpaired) electrons. The van der Waals surface area contributed by atoms with Gasteiger partial charge in [-0.05, 0) is 12.8 Å². The lowest BCUT2D eigenvalue weighted by atomic mass is 9.82. The monoisotopic (exact) mass is 185 g/mol. The third-order valence-electron chi connectivity index (χ3n) is 2.75. The smallest absolute Gasteiger partial charge is 0.216 e. The van der Waals surface area contributed by atoms with Crippen molar-refractivity contribution < 1.29 is 9.72 Å². The predicted molar refractivity (Wildman–Crippen MR) is 48.0 cm³/mol. The summed E-state index contributed by atoms with van der Waals surface area (Å²) >= 11 is 0. The standard InChI is InChI=1S/C9H15NO3/c1-2-9(10(12)13)7-4-3-5-8(11)6-7/h7,9H,2-6H2,1H3. The van der Waals surface area contributed by atoms with E-state index in [9.17, 15) is 14.9 Å². The van der Waals surface area contributed by atoms with E-state index in [1.807, 2.05) is 6.92 Å². The minimum atomic E-state index is -0.510. The van der Waals surface area contributed by atoms with Gasteiger partial charge in [-0.25, -0.2) is 0 Å². The summed E-state index contributed by atoms with van der Waals surface area (Å²) in [7, 11) is 0. The van der Waals surface area contributed by atoms with Crippen molar-refractivity contribution in [1.82, 2.24) is 0 Å². The topological polar surface area (TPSA) is 60.2 Å². The van der Waals surface area contributed by atoms with E-state index in [4.69, 9.17) is 0 Å². The van der Waals surface area contributed by atoms with Crippen LogP contribution in [-0.4, -0.2) is 16.7 Å². The number of nitro groups is 1. The quantitative estimate of drug-likeness (QED) is 0.497. The van der Waals surface area contributed by atoms with E-state index >= 15 is 0 Å². The lowest BCUT2D eigenvalue weighted by Crippen LogP contribution is -2.32. The van der Waals surface area contributed by atoms with Crippen LogP contribution in [0.25, 0.3) is 0 Å². The van der Waals surface area contributed by atoms with E-state index in [-0.39, 0.29) is 16.6 Å². The van der Waals surface area contributed by atoms with Crippen molar-refractivity contribution >= 4 is 5.78 Å². The largest absolute Gasteiger partial charge is 0.300 e. The summed E-state index contributed by atoms with van der Waals surface area (Å²) in [5, 5.41) is 10.6. The SMILES string of the molecule is CCC(C1CCCC(=O)C1)[N+](=O)[O-]. The molecule has 0 heterocycles. The van der Waals surface area contributed by atoms with Crippen LogP contribution in [0.2, 0.25) is 0 Å². The normalized spacial score (nSPS) is 25.6. The molecule has 1 rings (SSSR count). The van der Waals surface area contributed by atoms with E-state index in [0.717, 1.165) is 12.8 Å². The number of hydrogen-bond donors (Lipinski definition) is 0. The summed E-state index contributed by atoms with van der Waals surface area (Å²) in [6, 6.07) is -0.510. The number of rotatable bonds is 3. The summed E-state index contributed by atoms with van der Waals surface area (Å²) in [6.45, 7) is 1.81. The molecule has 74 valence electrons. The van der Waals surface area contributed by atoms with Crippen LogP contribution in [0.4, 0.5) is 0 Å². The maximum atomic E-state index is 11.1. The minimum absolute atomic E-state index is 0.0127. The zero-order valence-corrected chi connectivity index (χ0v) is 7.86. The fourth-order valence-corrected chi connectivity index (χ4v) is 2.04. The van der Waals surface area contributed by atoms with Crippen LogP contribution in [-0.2, 0) is 4.79 Å². The fourth-order valence-electron chi connectivity index (χ4n) is 2.04. The second-order valence-electron chi connectivity index (χ2n) is 3.66. The highest BCUT2D eigenvalue weighted by Crippen LogP contribution is 2.27. The molecule has 0 aliphatic heterocycles. The molecule has 0 aromatic rings. The average Bonchev–Trinajstić information content (AvgIpc) is 2.04. The van der Waals surface area contributed by atoms with Gasteiger partial charge >= 0.3 is 0 Å². The number of nitrogens with zero attached hydrogens (tertiary/aromatic N) is 1. The second-order valence-corrected chi connectivity index (χ2v) is 3.66. The minimum Gasteiger partial charge on any atom is -0.300 e. The summed E-state index contributed by atoms with van der Waals surface area (Å²) in [6.07, 6.45) is 3.23. The first kappa shape index (κ1) is 10.2. The molecule has 0 amide bonds. The van der Waals surface area contributed by atoms with Gasteiger partial charge in [0.05, 0.1) is 0 Å². The predicted octanol–water partition coefficient (Wildman–Crippen LogP) is 1.80. The van der Waals surface area contributed by atoms with Crippen LogP contribution in [0.5, 0.6) is 0 Å². The first-order valence-electron chi connectivity index (χ1n) is 4.80. The van der Waals surface area contributed by atoms with Crippen LogP contribution in [0.1, 0.15) is 39.0 Å². The van der Waals surface area contributed by atoms with Crippen LogP contribution in [0, 0.1) is 16.0 Å². The van der Waals surface area contributed by atoms with Crippen molar-refractivity contribution in [3.8, 4) is 0 Å². The third-order valence-corrected chi connectivity index (χ3v) is 2.75. The Kier molecular flexibility index (Phi) is 3.39. The lowest BCUT2D eigenvalue weighted by Gasteiger charge is -2.22. The Hall–Kier alpha value is -0.930. The highest BCUT2D eigenvalue weighted by molar-refractivity contribution is 5.79. The summed E-state index contributed by atoms with van der Waals surface area (Å²) < 4.78 is 0. The molecule has 2 unspecified atom stereocenters. The fraction of sp³-hybridized carbons (Fsp3) is 0.889. The van der Waals surface area contributed by atoms with Crippen molar-refractivity contribution in [3.05, 3.63) is 10.1 Å². The molecule has 1 aliphatic carbocycles. The van der Waals surface area contributed by atoms with Gasteiger partial charge in [-0.15, -0.1) is 0 Å². The Morgan fingerprint density at radius 3 is 2.85 bits per heavy atom. The maximum Gasteiger partial charge on any atom is 0.216 e. The van der Waals surface area contributed by atoms with Crippen LogP contribution < -0.4 is 0 Å². The number of Topliss-reactive ketones (excluding diaryl/α,β-unsaturated/α-hetero) is 1. The Morgan fingerprint density at radius 1 is 1.69 bits per heavy atom. The first-order chi connectivity index (χ1) is 6.15. The van der Waals surface area contributed by atoms with Crippen molar-refractivity contribution in [3.63, 3.8) is 0 Å². The molecular weight excluding hydrogens is 170 g/mol. The molecule has 0 aromatic carbocycles. The molecule has 2 atom stereocenters. The van der Waals surface area contributed by atoms with Crippen molar-refractivity contribution in [2.75, 3.05) is 0 Å². The van der Waals surface area contributed by atoms with Gasteiger partial charge in [0.15, 0.2) is 0 Å². The Morgan fingerprint density at radius 2 is 2.38 bits per heavy atom. The third kappa shape index (κ3) is 2.50. The molecular formula is C9H15NO3. The van der Waals surface area contributed by atoms with Crippen LogP contribution in [0.3, 0.4) is 0 Å². The van der Waals surface area contributed by atoms with Crippen LogP contribution >= 0.6 is 0 Å². The molecule has 0 aromatic heterocycles. The molecule has 4 nitrogen and oxygen atoms in total. The highest BCUT2D eigenvalue weighted by Gasteiger charge is 2.33.